The first-order valence-electron chi connectivity index (χ1n) is 10.6. The van der Waals surface area contributed by atoms with Crippen molar-refractivity contribution < 1.29 is 94.9 Å². The predicted molar refractivity (Wildman–Crippen MR) is 109 cm³/mol. The van der Waals surface area contributed by atoms with Crippen LogP contribution in [0.3, 0.4) is 0 Å². The second kappa shape index (κ2) is 11.7. The van der Waals surface area contributed by atoms with Gasteiger partial charge in [-0.2, -0.15) is 61.1 Å². The molecule has 9 nitrogen and oxygen atoms in total. The first-order chi connectivity index (χ1) is 18.4. The normalized spacial score (nSPS) is 15.6. The Morgan fingerprint density at radius 1 is 0.667 bits per heavy atom. The standard InChI is InChI=1S/C20H18F12O9S/c1-8(6-15(35,17(21,22)23)18(24,25)26)40-13(33)10-3-11(5-12(4-10)42(37,38)39)14(34)41-9(2)7-16(36,19(27,28)29)20(30,31)32/h3-5,8-9,35-36H,6-7H2,1-2H3,(H,37,38,39). The summed E-state index contributed by atoms with van der Waals surface area (Å²) in [7, 11) is -5.40. The van der Waals surface area contributed by atoms with E-state index < -0.39 is 99.0 Å². The molecule has 0 saturated carbocycles. The van der Waals surface area contributed by atoms with Crippen LogP contribution >= 0.6 is 0 Å². The number of carbonyl (C=O) groups excluding carboxylic acids is 2. The molecule has 0 amide bonds. The number of rotatable bonds is 9. The molecule has 0 fully saturated rings. The third-order valence-corrected chi connectivity index (χ3v) is 6.17. The van der Waals surface area contributed by atoms with Crippen LogP contribution in [0.5, 0.6) is 0 Å². The van der Waals surface area contributed by atoms with Gasteiger partial charge in [0.2, 0.25) is 0 Å². The molecule has 0 aliphatic carbocycles. The van der Waals surface area contributed by atoms with E-state index in [1.54, 1.807) is 0 Å². The molecule has 42 heavy (non-hydrogen) atoms. The van der Waals surface area contributed by atoms with Gasteiger partial charge in [-0.05, 0) is 32.0 Å². The highest BCUT2D eigenvalue weighted by atomic mass is 32.2. The van der Waals surface area contributed by atoms with E-state index in [0.29, 0.717) is 13.8 Å². The van der Waals surface area contributed by atoms with E-state index in [1.807, 2.05) is 0 Å². The summed E-state index contributed by atoms with van der Waals surface area (Å²) in [6.07, 6.45) is -34.8. The smallest absolute Gasteiger partial charge is 0.426 e. The molecule has 0 heterocycles. The number of hydrogen-bond donors (Lipinski definition) is 3. The summed E-state index contributed by atoms with van der Waals surface area (Å²) in [5.41, 5.74) is -13.2. The molecule has 242 valence electrons. The maximum atomic E-state index is 12.9. The van der Waals surface area contributed by atoms with Crippen molar-refractivity contribution in [1.82, 2.24) is 0 Å². The topological polar surface area (TPSA) is 147 Å². The van der Waals surface area contributed by atoms with Crippen molar-refractivity contribution in [2.75, 3.05) is 0 Å². The second-order valence-corrected chi connectivity index (χ2v) is 10.2. The van der Waals surface area contributed by atoms with Crippen LogP contribution in [0.2, 0.25) is 0 Å². The number of alkyl halides is 12. The van der Waals surface area contributed by atoms with Crippen LogP contribution in [0.25, 0.3) is 0 Å². The van der Waals surface area contributed by atoms with Gasteiger partial charge in [0.05, 0.1) is 16.0 Å². The first kappa shape index (κ1) is 37.2. The van der Waals surface area contributed by atoms with Gasteiger partial charge in [0.1, 0.15) is 12.2 Å². The predicted octanol–water partition coefficient (Wildman–Crippen LogP) is 4.52. The van der Waals surface area contributed by atoms with Gasteiger partial charge >= 0.3 is 36.6 Å². The van der Waals surface area contributed by atoms with E-state index in [9.17, 15) is 85.5 Å². The van der Waals surface area contributed by atoms with Crippen LogP contribution in [-0.4, -0.2) is 83.2 Å². The minimum Gasteiger partial charge on any atom is -0.459 e. The summed E-state index contributed by atoms with van der Waals surface area (Å²) in [5.74, 6) is -3.93. The van der Waals surface area contributed by atoms with Crippen molar-refractivity contribution in [2.24, 2.45) is 0 Å². The number of benzene rings is 1. The van der Waals surface area contributed by atoms with Crippen LogP contribution in [0, 0.1) is 0 Å². The maximum absolute atomic E-state index is 12.9. The minimum atomic E-state index is -6.32. The quantitative estimate of drug-likeness (QED) is 0.197. The number of aliphatic hydroxyl groups is 2. The molecule has 0 aliphatic rings. The zero-order valence-electron chi connectivity index (χ0n) is 20.5. The SMILES string of the molecule is CC(CC(O)(C(F)(F)F)C(F)(F)F)OC(=O)c1cc(C(=O)OC(C)CC(O)(C(F)(F)F)C(F)(F)F)cc(S(=O)(=O)O)c1. The Labute approximate surface area is 226 Å². The third-order valence-electron chi connectivity index (χ3n) is 5.33. The van der Waals surface area contributed by atoms with Crippen molar-refractivity contribution in [3.63, 3.8) is 0 Å². The highest BCUT2D eigenvalue weighted by Gasteiger charge is 2.71. The number of ether oxygens (including phenoxy) is 2. The molecule has 0 aliphatic heterocycles. The largest absolute Gasteiger partial charge is 0.459 e. The molecule has 1 aromatic carbocycles. The Kier molecular flexibility index (Phi) is 10.3. The summed E-state index contributed by atoms with van der Waals surface area (Å²) < 4.78 is 196. The van der Waals surface area contributed by atoms with Crippen LogP contribution in [0.1, 0.15) is 47.4 Å². The summed E-state index contributed by atoms with van der Waals surface area (Å²) in [5, 5.41) is 18.4. The Morgan fingerprint density at radius 3 is 1.14 bits per heavy atom. The molecule has 22 heteroatoms. The van der Waals surface area contributed by atoms with Gasteiger partial charge in [-0.1, -0.05) is 0 Å². The highest BCUT2D eigenvalue weighted by molar-refractivity contribution is 7.85. The van der Waals surface area contributed by atoms with Gasteiger partial charge in [-0.25, -0.2) is 9.59 Å². The Morgan fingerprint density at radius 2 is 0.929 bits per heavy atom. The summed E-state index contributed by atoms with van der Waals surface area (Å²) in [6.45, 7) is 0.874. The maximum Gasteiger partial charge on any atom is 0.426 e. The molecule has 1 rings (SSSR count). The van der Waals surface area contributed by atoms with E-state index in [4.69, 9.17) is 0 Å². The lowest BCUT2D eigenvalue weighted by Gasteiger charge is -2.34. The van der Waals surface area contributed by atoms with E-state index in [-0.39, 0.29) is 18.2 Å². The van der Waals surface area contributed by atoms with Gasteiger partial charge in [0, 0.05) is 12.8 Å². The average molecular weight is 662 g/mol. The Balaban J connectivity index is 3.37. The van der Waals surface area contributed by atoms with Crippen molar-refractivity contribution in [1.29, 1.82) is 0 Å². The number of esters is 2. The number of carbonyl (C=O) groups is 2. The summed E-state index contributed by atoms with van der Waals surface area (Å²) >= 11 is 0. The molecule has 3 N–H and O–H groups in total. The van der Waals surface area contributed by atoms with Crippen molar-refractivity contribution >= 4 is 22.1 Å². The fourth-order valence-corrected chi connectivity index (χ4v) is 3.74. The Hall–Kier alpha value is -2.85. The lowest BCUT2D eigenvalue weighted by molar-refractivity contribution is -0.373. The van der Waals surface area contributed by atoms with Gasteiger partial charge in [0.15, 0.2) is 0 Å². The number of halogens is 12. The molecule has 0 saturated heterocycles. The zero-order valence-corrected chi connectivity index (χ0v) is 21.4. The molecule has 1 aromatic rings. The van der Waals surface area contributed by atoms with Crippen LogP contribution in [0.15, 0.2) is 23.1 Å². The molecular weight excluding hydrogens is 644 g/mol. The minimum absolute atomic E-state index is 0.177. The monoisotopic (exact) mass is 662 g/mol. The second-order valence-electron chi connectivity index (χ2n) is 8.77. The van der Waals surface area contributed by atoms with Crippen molar-refractivity contribution in [2.45, 2.75) is 79.7 Å². The number of hydrogen-bond acceptors (Lipinski definition) is 8. The van der Waals surface area contributed by atoms with E-state index in [1.165, 1.54) is 0 Å². The van der Waals surface area contributed by atoms with Crippen molar-refractivity contribution in [3.8, 4) is 0 Å². The molecule has 0 bridgehead atoms. The fourth-order valence-electron chi connectivity index (χ4n) is 3.18. The summed E-state index contributed by atoms with van der Waals surface area (Å²) in [6, 6.07) is 0.602. The lowest BCUT2D eigenvalue weighted by atomic mass is 9.95. The highest BCUT2D eigenvalue weighted by Crippen LogP contribution is 2.47. The average Bonchev–Trinajstić information content (AvgIpc) is 2.74. The van der Waals surface area contributed by atoms with Crippen LogP contribution < -0.4 is 0 Å². The molecular formula is C20H18F12O9S. The van der Waals surface area contributed by atoms with Crippen LogP contribution in [0.4, 0.5) is 52.7 Å². The molecule has 2 atom stereocenters. The van der Waals surface area contributed by atoms with Gasteiger partial charge in [0.25, 0.3) is 21.3 Å². The van der Waals surface area contributed by atoms with E-state index in [2.05, 4.69) is 9.47 Å². The zero-order chi connectivity index (χ0) is 33.5. The van der Waals surface area contributed by atoms with Crippen molar-refractivity contribution in [3.05, 3.63) is 29.3 Å². The fraction of sp³-hybridized carbons (Fsp3) is 0.600. The summed E-state index contributed by atoms with van der Waals surface area (Å²) in [4.78, 5) is 23.3. The van der Waals surface area contributed by atoms with Gasteiger partial charge < -0.3 is 19.7 Å². The molecule has 0 radical (unpaired) electrons. The lowest BCUT2D eigenvalue weighted by Crippen LogP contribution is -2.58. The Bertz CT molecular complexity index is 1160. The van der Waals surface area contributed by atoms with Gasteiger partial charge in [-0.3, -0.25) is 4.55 Å². The van der Waals surface area contributed by atoms with Gasteiger partial charge in [-0.15, -0.1) is 0 Å². The molecule has 0 aromatic heterocycles. The molecule has 2 unspecified atom stereocenters. The first-order valence-corrected chi connectivity index (χ1v) is 12.1. The van der Waals surface area contributed by atoms with E-state index >= 15 is 0 Å². The van der Waals surface area contributed by atoms with E-state index in [0.717, 1.165) is 0 Å². The van der Waals surface area contributed by atoms with Crippen LogP contribution in [-0.2, 0) is 19.6 Å². The third kappa shape index (κ3) is 8.16. The molecule has 0 spiro atoms.